The molecule has 1 rings (SSSR count). The van der Waals surface area contributed by atoms with Crippen LogP contribution in [0.3, 0.4) is 0 Å². The Kier molecular flexibility index (Phi) is 6.76. The molecular formula is C16H26O. The van der Waals surface area contributed by atoms with Crippen LogP contribution < -0.4 is 0 Å². The minimum Gasteiger partial charge on any atom is -0.508 e. The second-order valence-electron chi connectivity index (χ2n) is 4.96. The highest BCUT2D eigenvalue weighted by molar-refractivity contribution is 5.31. The zero-order valence-electron chi connectivity index (χ0n) is 11.3. The number of hydrogen-bond acceptors (Lipinski definition) is 1. The molecule has 0 spiro atoms. The number of phenols is 1. The van der Waals surface area contributed by atoms with Crippen molar-refractivity contribution in [2.75, 3.05) is 0 Å². The van der Waals surface area contributed by atoms with Crippen LogP contribution in [-0.2, 0) is 6.42 Å². The summed E-state index contributed by atoms with van der Waals surface area (Å²) in [4.78, 5) is 0. The molecule has 0 aliphatic rings. The van der Waals surface area contributed by atoms with E-state index in [1.807, 2.05) is 18.2 Å². The van der Waals surface area contributed by atoms with E-state index < -0.39 is 0 Å². The molecular weight excluding hydrogens is 208 g/mol. The van der Waals surface area contributed by atoms with Crippen molar-refractivity contribution in [1.29, 1.82) is 0 Å². The standard InChI is InChI=1S/C16H26O/c1-3-5-6-7-10-14(4-2)13-15-11-8-9-12-16(15)17/h8-9,11-12,14,17H,3-7,10,13H2,1-2H3. The van der Waals surface area contributed by atoms with E-state index in [9.17, 15) is 5.11 Å². The van der Waals surface area contributed by atoms with E-state index in [0.29, 0.717) is 5.75 Å². The van der Waals surface area contributed by atoms with Gasteiger partial charge in [-0.3, -0.25) is 0 Å². The quantitative estimate of drug-likeness (QED) is 0.632. The fraction of sp³-hybridized carbons (Fsp3) is 0.625. The summed E-state index contributed by atoms with van der Waals surface area (Å²) < 4.78 is 0. The number of aromatic hydroxyl groups is 1. The predicted molar refractivity (Wildman–Crippen MR) is 74.4 cm³/mol. The number of phenolic OH excluding ortho intramolecular Hbond substituents is 1. The predicted octanol–water partition coefficient (Wildman–Crippen LogP) is 4.93. The maximum atomic E-state index is 9.76. The van der Waals surface area contributed by atoms with Gasteiger partial charge >= 0.3 is 0 Å². The summed E-state index contributed by atoms with van der Waals surface area (Å²) in [5.74, 6) is 1.18. The third-order valence-corrected chi connectivity index (χ3v) is 3.54. The van der Waals surface area contributed by atoms with Crippen LogP contribution in [0.5, 0.6) is 5.75 Å². The molecule has 0 aliphatic carbocycles. The SMILES string of the molecule is CCCCCCC(CC)Cc1ccccc1O. The van der Waals surface area contributed by atoms with Crippen molar-refractivity contribution in [3.05, 3.63) is 29.8 Å². The minimum absolute atomic E-state index is 0.458. The zero-order valence-corrected chi connectivity index (χ0v) is 11.3. The monoisotopic (exact) mass is 234 g/mol. The molecule has 0 bridgehead atoms. The lowest BCUT2D eigenvalue weighted by molar-refractivity contribution is 0.421. The van der Waals surface area contributed by atoms with Crippen molar-refractivity contribution >= 4 is 0 Å². The number of hydrogen-bond donors (Lipinski definition) is 1. The Bertz CT molecular complexity index is 306. The van der Waals surface area contributed by atoms with Gasteiger partial charge in [0, 0.05) is 0 Å². The third-order valence-electron chi connectivity index (χ3n) is 3.54. The molecule has 0 fully saturated rings. The summed E-state index contributed by atoms with van der Waals surface area (Å²) in [6.07, 6.45) is 8.87. The Morgan fingerprint density at radius 1 is 1.06 bits per heavy atom. The van der Waals surface area contributed by atoms with Gasteiger partial charge < -0.3 is 5.11 Å². The Morgan fingerprint density at radius 2 is 1.82 bits per heavy atom. The van der Waals surface area contributed by atoms with E-state index in [0.717, 1.165) is 17.9 Å². The van der Waals surface area contributed by atoms with Crippen LogP contribution >= 0.6 is 0 Å². The lowest BCUT2D eigenvalue weighted by Crippen LogP contribution is -2.03. The van der Waals surface area contributed by atoms with E-state index >= 15 is 0 Å². The fourth-order valence-electron chi connectivity index (χ4n) is 2.30. The minimum atomic E-state index is 0.458. The molecule has 0 saturated heterocycles. The molecule has 0 aliphatic heterocycles. The first kappa shape index (κ1) is 14.1. The van der Waals surface area contributed by atoms with E-state index in [-0.39, 0.29) is 0 Å². The first-order chi connectivity index (χ1) is 8.27. The van der Waals surface area contributed by atoms with Crippen molar-refractivity contribution in [3.63, 3.8) is 0 Å². The van der Waals surface area contributed by atoms with Gasteiger partial charge in [0.25, 0.3) is 0 Å². The van der Waals surface area contributed by atoms with Crippen LogP contribution in [0.2, 0.25) is 0 Å². The number of benzene rings is 1. The Balaban J connectivity index is 2.38. The Hall–Kier alpha value is -0.980. The van der Waals surface area contributed by atoms with Gasteiger partial charge in [-0.15, -0.1) is 0 Å². The van der Waals surface area contributed by atoms with Crippen LogP contribution in [0, 0.1) is 5.92 Å². The largest absolute Gasteiger partial charge is 0.508 e. The summed E-state index contributed by atoms with van der Waals surface area (Å²) >= 11 is 0. The van der Waals surface area contributed by atoms with Crippen molar-refractivity contribution in [1.82, 2.24) is 0 Å². The molecule has 1 N–H and O–H groups in total. The van der Waals surface area contributed by atoms with Gasteiger partial charge in [-0.05, 0) is 24.0 Å². The van der Waals surface area contributed by atoms with E-state index in [1.165, 1.54) is 38.5 Å². The lowest BCUT2D eigenvalue weighted by atomic mass is 9.91. The van der Waals surface area contributed by atoms with Crippen LogP contribution in [0.1, 0.15) is 57.9 Å². The second-order valence-corrected chi connectivity index (χ2v) is 4.96. The molecule has 1 unspecified atom stereocenters. The van der Waals surface area contributed by atoms with Crippen LogP contribution in [-0.4, -0.2) is 5.11 Å². The average molecular weight is 234 g/mol. The molecule has 1 aromatic carbocycles. The summed E-state index contributed by atoms with van der Waals surface area (Å²) in [6.45, 7) is 4.50. The van der Waals surface area contributed by atoms with Gasteiger partial charge in [0.1, 0.15) is 5.75 Å². The van der Waals surface area contributed by atoms with Gasteiger partial charge in [-0.25, -0.2) is 0 Å². The zero-order chi connectivity index (χ0) is 12.5. The van der Waals surface area contributed by atoms with Gasteiger partial charge in [-0.1, -0.05) is 70.6 Å². The van der Waals surface area contributed by atoms with Gasteiger partial charge in [0.2, 0.25) is 0 Å². The van der Waals surface area contributed by atoms with Crippen LogP contribution in [0.25, 0.3) is 0 Å². The summed E-state index contributed by atoms with van der Waals surface area (Å²) in [5.41, 5.74) is 1.11. The summed E-state index contributed by atoms with van der Waals surface area (Å²) in [7, 11) is 0. The summed E-state index contributed by atoms with van der Waals surface area (Å²) in [6, 6.07) is 7.74. The topological polar surface area (TPSA) is 20.2 Å². The molecule has 1 heteroatoms. The smallest absolute Gasteiger partial charge is 0.118 e. The van der Waals surface area contributed by atoms with Crippen molar-refractivity contribution < 1.29 is 5.11 Å². The average Bonchev–Trinajstić information content (AvgIpc) is 2.35. The molecule has 1 aromatic rings. The molecule has 1 nitrogen and oxygen atoms in total. The highest BCUT2D eigenvalue weighted by Gasteiger charge is 2.09. The Labute approximate surface area is 106 Å². The molecule has 96 valence electrons. The maximum Gasteiger partial charge on any atom is 0.118 e. The first-order valence-corrected chi connectivity index (χ1v) is 7.04. The molecule has 0 heterocycles. The maximum absolute atomic E-state index is 9.76. The van der Waals surface area contributed by atoms with Gasteiger partial charge in [0.15, 0.2) is 0 Å². The van der Waals surface area contributed by atoms with Crippen molar-refractivity contribution in [3.8, 4) is 5.75 Å². The van der Waals surface area contributed by atoms with Crippen LogP contribution in [0.4, 0.5) is 0 Å². The normalized spacial score (nSPS) is 12.6. The Morgan fingerprint density at radius 3 is 2.47 bits per heavy atom. The number of rotatable bonds is 8. The summed E-state index contributed by atoms with van der Waals surface area (Å²) in [5, 5.41) is 9.76. The second kappa shape index (κ2) is 8.16. The number of unbranched alkanes of at least 4 members (excludes halogenated alkanes) is 3. The molecule has 17 heavy (non-hydrogen) atoms. The molecule has 0 amide bonds. The highest BCUT2D eigenvalue weighted by Crippen LogP contribution is 2.24. The van der Waals surface area contributed by atoms with E-state index in [2.05, 4.69) is 13.8 Å². The third kappa shape index (κ3) is 5.25. The highest BCUT2D eigenvalue weighted by atomic mass is 16.3. The number of para-hydroxylation sites is 1. The molecule has 0 aromatic heterocycles. The van der Waals surface area contributed by atoms with Crippen LogP contribution in [0.15, 0.2) is 24.3 Å². The van der Waals surface area contributed by atoms with Gasteiger partial charge in [-0.2, -0.15) is 0 Å². The molecule has 1 atom stereocenters. The fourth-order valence-corrected chi connectivity index (χ4v) is 2.30. The van der Waals surface area contributed by atoms with Gasteiger partial charge in [0.05, 0.1) is 0 Å². The van der Waals surface area contributed by atoms with Crippen molar-refractivity contribution in [2.24, 2.45) is 5.92 Å². The van der Waals surface area contributed by atoms with E-state index in [4.69, 9.17) is 0 Å². The molecule has 0 radical (unpaired) electrons. The lowest BCUT2D eigenvalue weighted by Gasteiger charge is -2.15. The molecule has 0 saturated carbocycles. The van der Waals surface area contributed by atoms with Crippen molar-refractivity contribution in [2.45, 2.75) is 58.8 Å². The first-order valence-electron chi connectivity index (χ1n) is 7.04. The van der Waals surface area contributed by atoms with E-state index in [1.54, 1.807) is 6.07 Å².